The first-order valence-electron chi connectivity index (χ1n) is 7.90. The van der Waals surface area contributed by atoms with E-state index in [1.165, 1.54) is 31.1 Å². The predicted octanol–water partition coefficient (Wildman–Crippen LogP) is 1.04. The topological polar surface area (TPSA) is 70.9 Å². The third kappa shape index (κ3) is 4.88. The van der Waals surface area contributed by atoms with Crippen molar-refractivity contribution >= 4 is 33.0 Å². The lowest BCUT2D eigenvalue weighted by molar-refractivity contribution is -0.907. The van der Waals surface area contributed by atoms with Crippen LogP contribution in [0.4, 0.5) is 5.69 Å². The Kier molecular flexibility index (Phi) is 6.34. The number of anilines is 1. The van der Waals surface area contributed by atoms with Crippen LogP contribution in [0.5, 0.6) is 0 Å². The van der Waals surface area contributed by atoms with Crippen LogP contribution in [0.3, 0.4) is 0 Å². The Bertz CT molecular complexity index is 817. The van der Waals surface area contributed by atoms with E-state index >= 15 is 0 Å². The fourth-order valence-corrected chi connectivity index (χ4v) is 4.01. The second kappa shape index (κ2) is 8.09. The Labute approximate surface area is 153 Å². The normalized spacial score (nSPS) is 14.3. The summed E-state index contributed by atoms with van der Waals surface area (Å²) in [6.07, 6.45) is 0. The molecular weight excluding hydrogens is 358 g/mol. The zero-order chi connectivity index (χ0) is 18.6. The van der Waals surface area contributed by atoms with Crippen molar-refractivity contribution in [3.05, 3.63) is 46.7 Å². The van der Waals surface area contributed by atoms with Gasteiger partial charge in [-0.05, 0) is 36.6 Å². The summed E-state index contributed by atoms with van der Waals surface area (Å²) in [7, 11) is 1.40. The summed E-state index contributed by atoms with van der Waals surface area (Å²) in [6.45, 7) is 2.62. The lowest BCUT2D eigenvalue weighted by atomic mass is 10.2. The molecule has 0 radical (unpaired) electrons. The third-order valence-corrected chi connectivity index (χ3v) is 6.73. The molecule has 2 N–H and O–H groups in total. The molecular formula is C17H24N3O3S2+. The molecule has 1 aromatic heterocycles. The summed E-state index contributed by atoms with van der Waals surface area (Å²) in [5.41, 5.74) is 0.476. The van der Waals surface area contributed by atoms with Gasteiger partial charge in [0.1, 0.15) is 6.54 Å². The summed E-state index contributed by atoms with van der Waals surface area (Å²) >= 11 is 1.67. The van der Waals surface area contributed by atoms with Gasteiger partial charge in [-0.1, -0.05) is 12.1 Å². The molecule has 2 aromatic rings. The van der Waals surface area contributed by atoms with E-state index in [2.05, 4.69) is 5.32 Å². The second-order valence-electron chi connectivity index (χ2n) is 6.13. The molecule has 0 aliphatic carbocycles. The van der Waals surface area contributed by atoms with E-state index in [-0.39, 0.29) is 16.8 Å². The van der Waals surface area contributed by atoms with Crippen molar-refractivity contribution in [2.24, 2.45) is 0 Å². The number of hydrogen-bond donors (Lipinski definition) is 2. The highest BCUT2D eigenvalue weighted by Gasteiger charge is 2.23. The lowest BCUT2D eigenvalue weighted by Gasteiger charge is -2.20. The van der Waals surface area contributed by atoms with E-state index in [0.717, 1.165) is 15.7 Å². The van der Waals surface area contributed by atoms with Crippen LogP contribution < -0.4 is 10.2 Å². The Morgan fingerprint density at radius 1 is 1.28 bits per heavy atom. The molecule has 0 aliphatic heterocycles. The van der Waals surface area contributed by atoms with Gasteiger partial charge in [-0.25, -0.2) is 12.7 Å². The van der Waals surface area contributed by atoms with E-state index in [0.29, 0.717) is 5.69 Å². The number of carbonyl (C=O) groups is 1. The molecule has 6 nitrogen and oxygen atoms in total. The van der Waals surface area contributed by atoms with Gasteiger partial charge in [0, 0.05) is 19.8 Å². The zero-order valence-corrected chi connectivity index (χ0v) is 16.4. The lowest BCUT2D eigenvalue weighted by Crippen LogP contribution is -3.12. The van der Waals surface area contributed by atoms with Gasteiger partial charge in [-0.2, -0.15) is 0 Å². The van der Waals surface area contributed by atoms with Crippen molar-refractivity contribution in [3.8, 4) is 0 Å². The van der Waals surface area contributed by atoms with E-state index in [4.69, 9.17) is 0 Å². The standard InChI is InChI=1S/C17H23N3O3S2/c1-13(20(4)12-15-8-6-10-24-15)17(21)18-14-7-5-9-16(11-14)25(22,23)19(2)3/h5-11,13H,12H2,1-4H3,(H,18,21)/p+1/t13-/m1/s1. The molecule has 8 heteroatoms. The average molecular weight is 383 g/mol. The third-order valence-electron chi connectivity index (χ3n) is 4.05. The van der Waals surface area contributed by atoms with Gasteiger partial charge in [-0.3, -0.25) is 4.79 Å². The van der Waals surface area contributed by atoms with E-state index in [1.807, 2.05) is 31.5 Å². The van der Waals surface area contributed by atoms with Gasteiger partial charge in [0.25, 0.3) is 5.91 Å². The van der Waals surface area contributed by atoms with Crippen molar-refractivity contribution in [1.82, 2.24) is 4.31 Å². The van der Waals surface area contributed by atoms with Gasteiger partial charge in [0.05, 0.1) is 16.8 Å². The Morgan fingerprint density at radius 3 is 2.60 bits per heavy atom. The van der Waals surface area contributed by atoms with Crippen molar-refractivity contribution in [2.45, 2.75) is 24.4 Å². The fraction of sp³-hybridized carbons (Fsp3) is 0.353. The van der Waals surface area contributed by atoms with E-state index < -0.39 is 10.0 Å². The molecule has 0 fully saturated rings. The molecule has 0 bridgehead atoms. The van der Waals surface area contributed by atoms with Crippen molar-refractivity contribution in [1.29, 1.82) is 0 Å². The molecule has 1 aromatic carbocycles. The number of rotatable bonds is 7. The smallest absolute Gasteiger partial charge is 0.282 e. The Hall–Kier alpha value is -1.74. The van der Waals surface area contributed by atoms with Crippen LogP contribution in [-0.4, -0.2) is 45.8 Å². The minimum Gasteiger partial charge on any atom is -0.323 e. The van der Waals surface area contributed by atoms with Crippen LogP contribution >= 0.6 is 11.3 Å². The van der Waals surface area contributed by atoms with Crippen LogP contribution in [-0.2, 0) is 21.4 Å². The molecule has 136 valence electrons. The maximum atomic E-state index is 12.5. The fourth-order valence-electron chi connectivity index (χ4n) is 2.26. The maximum Gasteiger partial charge on any atom is 0.282 e. The summed E-state index contributed by atoms with van der Waals surface area (Å²) < 4.78 is 25.5. The van der Waals surface area contributed by atoms with Crippen LogP contribution in [0.15, 0.2) is 46.7 Å². The predicted molar refractivity (Wildman–Crippen MR) is 100 cm³/mol. The van der Waals surface area contributed by atoms with Gasteiger partial charge in [0.15, 0.2) is 6.04 Å². The first-order chi connectivity index (χ1) is 11.7. The number of nitrogens with zero attached hydrogens (tertiary/aromatic N) is 1. The van der Waals surface area contributed by atoms with Crippen molar-refractivity contribution in [2.75, 3.05) is 26.5 Å². The van der Waals surface area contributed by atoms with Crippen LogP contribution in [0.1, 0.15) is 11.8 Å². The second-order valence-corrected chi connectivity index (χ2v) is 9.31. The zero-order valence-electron chi connectivity index (χ0n) is 14.8. The van der Waals surface area contributed by atoms with Crippen molar-refractivity contribution in [3.63, 3.8) is 0 Å². The quantitative estimate of drug-likeness (QED) is 0.752. The minimum atomic E-state index is -3.53. The summed E-state index contributed by atoms with van der Waals surface area (Å²) in [4.78, 5) is 14.9. The van der Waals surface area contributed by atoms with E-state index in [9.17, 15) is 13.2 Å². The molecule has 2 atom stereocenters. The molecule has 1 amide bonds. The first kappa shape index (κ1) is 19.6. The number of nitrogens with one attached hydrogen (secondary N) is 2. The maximum absolute atomic E-state index is 12.5. The summed E-state index contributed by atoms with van der Waals surface area (Å²) in [5, 5.41) is 4.83. The summed E-state index contributed by atoms with van der Waals surface area (Å²) in [6, 6.07) is 10.1. The molecule has 0 saturated carbocycles. The van der Waals surface area contributed by atoms with Crippen LogP contribution in [0.2, 0.25) is 0 Å². The Morgan fingerprint density at radius 2 is 2.00 bits per heavy atom. The number of sulfonamides is 1. The van der Waals surface area contributed by atoms with Crippen molar-refractivity contribution < 1.29 is 18.1 Å². The van der Waals surface area contributed by atoms with Gasteiger partial charge in [-0.15, -0.1) is 11.3 Å². The van der Waals surface area contributed by atoms with Gasteiger partial charge >= 0.3 is 0 Å². The van der Waals surface area contributed by atoms with Gasteiger partial charge < -0.3 is 10.2 Å². The van der Waals surface area contributed by atoms with E-state index in [1.54, 1.807) is 23.5 Å². The number of benzene rings is 1. The highest BCUT2D eigenvalue weighted by Crippen LogP contribution is 2.18. The molecule has 0 spiro atoms. The molecule has 0 saturated heterocycles. The van der Waals surface area contributed by atoms with Crippen LogP contribution in [0.25, 0.3) is 0 Å². The van der Waals surface area contributed by atoms with Gasteiger partial charge in [0.2, 0.25) is 10.0 Å². The largest absolute Gasteiger partial charge is 0.323 e. The monoisotopic (exact) mass is 382 g/mol. The Balaban J connectivity index is 2.07. The summed E-state index contributed by atoms with van der Waals surface area (Å²) in [5.74, 6) is -0.145. The molecule has 2 rings (SSSR count). The number of likely N-dealkylation sites (N-methyl/N-ethyl adjacent to an activating group) is 1. The average Bonchev–Trinajstić information content (AvgIpc) is 3.07. The molecule has 25 heavy (non-hydrogen) atoms. The molecule has 1 heterocycles. The molecule has 0 aliphatic rings. The first-order valence-corrected chi connectivity index (χ1v) is 10.2. The number of thiophene rings is 1. The number of amides is 1. The highest BCUT2D eigenvalue weighted by molar-refractivity contribution is 7.89. The highest BCUT2D eigenvalue weighted by atomic mass is 32.2. The molecule has 1 unspecified atom stereocenters. The number of carbonyl (C=O) groups excluding carboxylic acids is 1. The van der Waals surface area contributed by atoms with Crippen LogP contribution in [0, 0.1) is 0 Å². The number of hydrogen-bond acceptors (Lipinski definition) is 4. The number of quaternary nitrogens is 1. The SMILES string of the molecule is C[C@H](C(=O)Nc1cccc(S(=O)(=O)N(C)C)c1)[NH+](C)Cc1cccs1. The minimum absolute atomic E-state index is 0.145.